The molecule has 1 atom stereocenters. The Labute approximate surface area is 121 Å². The molecule has 0 bridgehead atoms. The SMILES string of the molecule is [N-]=[N+]=NCCCNC1(C(=O)O)Cc2ccc(Cl)cc2C1. The molecule has 20 heavy (non-hydrogen) atoms. The van der Waals surface area contributed by atoms with Gasteiger partial charge in [-0.15, -0.1) is 0 Å². The van der Waals surface area contributed by atoms with E-state index in [1.54, 1.807) is 6.07 Å². The van der Waals surface area contributed by atoms with Crippen molar-refractivity contribution in [3.05, 3.63) is 44.8 Å². The van der Waals surface area contributed by atoms with E-state index in [1.165, 1.54) is 0 Å². The molecule has 0 aliphatic heterocycles. The molecule has 1 aliphatic carbocycles. The van der Waals surface area contributed by atoms with Crippen LogP contribution in [0.1, 0.15) is 17.5 Å². The fraction of sp³-hybridized carbons (Fsp3) is 0.462. The second-order valence-electron chi connectivity index (χ2n) is 4.89. The summed E-state index contributed by atoms with van der Waals surface area (Å²) < 4.78 is 0. The van der Waals surface area contributed by atoms with E-state index >= 15 is 0 Å². The molecule has 1 aromatic carbocycles. The Balaban J connectivity index is 2.06. The van der Waals surface area contributed by atoms with Crippen LogP contribution in [0, 0.1) is 0 Å². The Hall–Kier alpha value is -1.75. The maximum atomic E-state index is 11.6. The van der Waals surface area contributed by atoms with Crippen molar-refractivity contribution in [2.24, 2.45) is 5.11 Å². The second-order valence-corrected chi connectivity index (χ2v) is 5.33. The monoisotopic (exact) mass is 294 g/mol. The first kappa shape index (κ1) is 14.7. The quantitative estimate of drug-likeness (QED) is 0.365. The molecule has 0 fully saturated rings. The molecular formula is C13H15ClN4O2. The molecule has 2 N–H and O–H groups in total. The minimum Gasteiger partial charge on any atom is -0.480 e. The predicted octanol–water partition coefficient (Wildman–Crippen LogP) is 2.55. The topological polar surface area (TPSA) is 98.1 Å². The molecule has 6 nitrogen and oxygen atoms in total. The number of halogens is 1. The van der Waals surface area contributed by atoms with Crippen molar-refractivity contribution in [3.8, 4) is 0 Å². The minimum absolute atomic E-state index is 0.359. The average molecular weight is 295 g/mol. The van der Waals surface area contributed by atoms with Crippen molar-refractivity contribution in [3.63, 3.8) is 0 Å². The van der Waals surface area contributed by atoms with Crippen LogP contribution in [-0.4, -0.2) is 29.7 Å². The van der Waals surface area contributed by atoms with Crippen LogP contribution in [0.4, 0.5) is 0 Å². The van der Waals surface area contributed by atoms with Gasteiger partial charge in [-0.3, -0.25) is 4.79 Å². The maximum Gasteiger partial charge on any atom is 0.324 e. The summed E-state index contributed by atoms with van der Waals surface area (Å²) in [6.45, 7) is 0.852. The van der Waals surface area contributed by atoms with Gasteiger partial charge in [-0.1, -0.05) is 22.8 Å². The first-order chi connectivity index (χ1) is 9.57. The van der Waals surface area contributed by atoms with Crippen LogP contribution in [0.5, 0.6) is 0 Å². The van der Waals surface area contributed by atoms with Gasteiger partial charge in [0.15, 0.2) is 0 Å². The third kappa shape index (κ3) is 3.04. The molecule has 1 aliphatic rings. The molecule has 0 heterocycles. The summed E-state index contributed by atoms with van der Waals surface area (Å²) in [5.41, 5.74) is 9.20. The number of rotatable bonds is 6. The van der Waals surface area contributed by atoms with Gasteiger partial charge < -0.3 is 10.4 Å². The minimum atomic E-state index is -0.983. The molecule has 0 aromatic heterocycles. The van der Waals surface area contributed by atoms with Crippen LogP contribution < -0.4 is 5.32 Å². The van der Waals surface area contributed by atoms with E-state index in [-0.39, 0.29) is 0 Å². The number of azide groups is 1. The molecule has 0 spiro atoms. The molecular weight excluding hydrogens is 280 g/mol. The Morgan fingerprint density at radius 1 is 1.50 bits per heavy atom. The summed E-state index contributed by atoms with van der Waals surface area (Å²) in [6.07, 6.45) is 1.46. The third-order valence-electron chi connectivity index (χ3n) is 3.52. The molecule has 0 saturated carbocycles. The highest BCUT2D eigenvalue weighted by molar-refractivity contribution is 6.30. The van der Waals surface area contributed by atoms with E-state index in [9.17, 15) is 9.90 Å². The van der Waals surface area contributed by atoms with Gasteiger partial charge in [0.25, 0.3) is 0 Å². The lowest BCUT2D eigenvalue weighted by Crippen LogP contribution is -2.53. The van der Waals surface area contributed by atoms with Gasteiger partial charge in [0.2, 0.25) is 0 Å². The van der Waals surface area contributed by atoms with E-state index in [0.717, 1.165) is 11.1 Å². The number of aliphatic carboxylic acids is 1. The first-order valence-electron chi connectivity index (χ1n) is 6.34. The normalized spacial score (nSPS) is 20.2. The third-order valence-corrected chi connectivity index (χ3v) is 3.76. The van der Waals surface area contributed by atoms with Crippen molar-refractivity contribution in [2.45, 2.75) is 24.8 Å². The van der Waals surface area contributed by atoms with Crippen molar-refractivity contribution in [2.75, 3.05) is 13.1 Å². The number of carbonyl (C=O) groups is 1. The van der Waals surface area contributed by atoms with Crippen molar-refractivity contribution in [1.82, 2.24) is 5.32 Å². The number of carboxylic acids is 1. The lowest BCUT2D eigenvalue weighted by molar-refractivity contribution is -0.144. The van der Waals surface area contributed by atoms with Gasteiger partial charge in [0.1, 0.15) is 5.54 Å². The Morgan fingerprint density at radius 3 is 2.95 bits per heavy atom. The van der Waals surface area contributed by atoms with Gasteiger partial charge in [-0.25, -0.2) is 0 Å². The summed E-state index contributed by atoms with van der Waals surface area (Å²) in [4.78, 5) is 14.3. The van der Waals surface area contributed by atoms with E-state index < -0.39 is 11.5 Å². The lowest BCUT2D eigenvalue weighted by Gasteiger charge is -2.25. The zero-order valence-corrected chi connectivity index (χ0v) is 11.6. The average Bonchev–Trinajstić information content (AvgIpc) is 2.77. The Morgan fingerprint density at radius 2 is 2.25 bits per heavy atom. The largest absolute Gasteiger partial charge is 0.480 e. The summed E-state index contributed by atoms with van der Waals surface area (Å²) in [7, 11) is 0. The predicted molar refractivity (Wildman–Crippen MR) is 75.9 cm³/mol. The highest BCUT2D eigenvalue weighted by Crippen LogP contribution is 2.32. The smallest absolute Gasteiger partial charge is 0.324 e. The lowest BCUT2D eigenvalue weighted by atomic mass is 9.95. The number of fused-ring (bicyclic) bond motifs is 1. The zero-order valence-electron chi connectivity index (χ0n) is 10.8. The van der Waals surface area contributed by atoms with Gasteiger partial charge >= 0.3 is 5.97 Å². The fourth-order valence-electron chi connectivity index (χ4n) is 2.52. The van der Waals surface area contributed by atoms with Gasteiger partial charge in [0.05, 0.1) is 0 Å². The zero-order chi connectivity index (χ0) is 14.6. The van der Waals surface area contributed by atoms with Gasteiger partial charge in [-0.2, -0.15) is 0 Å². The molecule has 0 saturated heterocycles. The Bertz CT molecular complexity index is 571. The summed E-state index contributed by atoms with van der Waals surface area (Å²) in [5, 5.41) is 16.7. The highest BCUT2D eigenvalue weighted by Gasteiger charge is 2.43. The maximum absolute atomic E-state index is 11.6. The van der Waals surface area contributed by atoms with Crippen LogP contribution in [0.15, 0.2) is 23.3 Å². The molecule has 106 valence electrons. The summed E-state index contributed by atoms with van der Waals surface area (Å²) >= 11 is 5.94. The van der Waals surface area contributed by atoms with E-state index in [1.807, 2.05) is 12.1 Å². The van der Waals surface area contributed by atoms with Crippen LogP contribution in [0.25, 0.3) is 10.4 Å². The second kappa shape index (κ2) is 6.13. The number of carboxylic acid groups (broad SMARTS) is 1. The van der Waals surface area contributed by atoms with Crippen molar-refractivity contribution < 1.29 is 9.90 Å². The number of benzene rings is 1. The summed E-state index contributed by atoms with van der Waals surface area (Å²) in [5.74, 6) is -0.867. The van der Waals surface area contributed by atoms with Crippen LogP contribution >= 0.6 is 11.6 Å². The van der Waals surface area contributed by atoms with E-state index in [2.05, 4.69) is 15.3 Å². The van der Waals surface area contributed by atoms with Crippen molar-refractivity contribution >= 4 is 17.6 Å². The van der Waals surface area contributed by atoms with Crippen LogP contribution in [-0.2, 0) is 17.6 Å². The Kier molecular flexibility index (Phi) is 4.49. The van der Waals surface area contributed by atoms with Crippen LogP contribution in [0.3, 0.4) is 0 Å². The highest BCUT2D eigenvalue weighted by atomic mass is 35.5. The fourth-order valence-corrected chi connectivity index (χ4v) is 2.71. The molecule has 2 rings (SSSR count). The molecule has 0 radical (unpaired) electrons. The number of hydrogen-bond donors (Lipinski definition) is 2. The molecule has 0 amide bonds. The van der Waals surface area contributed by atoms with Crippen LogP contribution in [0.2, 0.25) is 5.02 Å². The number of hydrogen-bond acceptors (Lipinski definition) is 3. The number of nitrogens with one attached hydrogen (secondary N) is 1. The van der Waals surface area contributed by atoms with Gasteiger partial charge in [-0.05, 0) is 41.8 Å². The van der Waals surface area contributed by atoms with E-state index in [0.29, 0.717) is 37.4 Å². The summed E-state index contributed by atoms with van der Waals surface area (Å²) in [6, 6.07) is 5.48. The molecule has 1 unspecified atom stereocenters. The van der Waals surface area contributed by atoms with Gasteiger partial charge in [0, 0.05) is 29.3 Å². The molecule has 7 heteroatoms. The van der Waals surface area contributed by atoms with Crippen molar-refractivity contribution in [1.29, 1.82) is 0 Å². The van der Waals surface area contributed by atoms with E-state index in [4.69, 9.17) is 17.1 Å². The first-order valence-corrected chi connectivity index (χ1v) is 6.72. The number of nitrogens with zero attached hydrogens (tertiary/aromatic N) is 3. The standard InChI is InChI=1S/C13H15ClN4O2/c14-11-3-2-9-7-13(12(19)20,8-10(9)6-11)16-4-1-5-17-18-15/h2-3,6,16H,1,4-5,7-8H2,(H,19,20). The molecule has 1 aromatic rings.